The maximum absolute atomic E-state index is 11.3. The highest BCUT2D eigenvalue weighted by molar-refractivity contribution is 5.90. The van der Waals surface area contributed by atoms with Gasteiger partial charge in [-0.3, -0.25) is 4.79 Å². The number of nitrogens with zero attached hydrogens (tertiary/aromatic N) is 1. The maximum Gasteiger partial charge on any atom is 0.221 e. The van der Waals surface area contributed by atoms with Gasteiger partial charge in [-0.2, -0.15) is 0 Å². The maximum atomic E-state index is 11.3. The van der Waals surface area contributed by atoms with Gasteiger partial charge in [-0.25, -0.2) is 4.98 Å². The van der Waals surface area contributed by atoms with E-state index in [1.54, 1.807) is 6.20 Å². The van der Waals surface area contributed by atoms with E-state index in [1.807, 2.05) is 36.5 Å². The predicted octanol–water partition coefficient (Wildman–Crippen LogP) is 2.38. The molecule has 0 unspecified atom stereocenters. The van der Waals surface area contributed by atoms with Crippen LogP contribution in [0.15, 0.2) is 42.7 Å². The first-order chi connectivity index (χ1) is 11.2. The second kappa shape index (κ2) is 6.34. The van der Waals surface area contributed by atoms with Gasteiger partial charge in [0.05, 0.1) is 5.69 Å². The molecule has 0 aliphatic carbocycles. The first kappa shape index (κ1) is 14.8. The van der Waals surface area contributed by atoms with Gasteiger partial charge >= 0.3 is 0 Å². The number of nitrogens with two attached hydrogens (primary N) is 1. The van der Waals surface area contributed by atoms with Gasteiger partial charge < -0.3 is 16.0 Å². The molecular weight excluding hydrogens is 288 g/mol. The van der Waals surface area contributed by atoms with Crippen LogP contribution in [-0.4, -0.2) is 15.9 Å². The summed E-state index contributed by atoms with van der Waals surface area (Å²) in [6.45, 7) is 1.90. The first-order valence-corrected chi connectivity index (χ1v) is 7.22. The van der Waals surface area contributed by atoms with Gasteiger partial charge in [-0.15, -0.1) is 0 Å². The van der Waals surface area contributed by atoms with Gasteiger partial charge in [0, 0.05) is 42.4 Å². The van der Waals surface area contributed by atoms with E-state index >= 15 is 0 Å². The SMILES string of the molecule is CC(=O)Nc1ccc(CN)cc1C#Cc1ccnc2[nH]ccc12. The summed E-state index contributed by atoms with van der Waals surface area (Å²) >= 11 is 0. The molecule has 4 N–H and O–H groups in total. The van der Waals surface area contributed by atoms with Gasteiger partial charge in [-0.05, 0) is 29.8 Å². The Hall–Kier alpha value is -3.10. The van der Waals surface area contributed by atoms with Crippen molar-refractivity contribution in [1.82, 2.24) is 9.97 Å². The van der Waals surface area contributed by atoms with Crippen molar-refractivity contribution in [3.8, 4) is 11.8 Å². The number of fused-ring (bicyclic) bond motifs is 1. The Balaban J connectivity index is 2.05. The van der Waals surface area contributed by atoms with Gasteiger partial charge in [0.2, 0.25) is 5.91 Å². The topological polar surface area (TPSA) is 83.8 Å². The number of aromatic amines is 1. The zero-order valence-electron chi connectivity index (χ0n) is 12.7. The van der Waals surface area contributed by atoms with E-state index in [2.05, 4.69) is 27.1 Å². The fraction of sp³-hybridized carbons (Fsp3) is 0.111. The number of benzene rings is 1. The zero-order valence-corrected chi connectivity index (χ0v) is 12.7. The van der Waals surface area contributed by atoms with Crippen LogP contribution in [0.5, 0.6) is 0 Å². The minimum atomic E-state index is -0.134. The number of amides is 1. The summed E-state index contributed by atoms with van der Waals surface area (Å²) in [5.74, 6) is 6.15. The van der Waals surface area contributed by atoms with Gasteiger partial charge in [0.1, 0.15) is 5.65 Å². The quantitative estimate of drug-likeness (QED) is 0.636. The summed E-state index contributed by atoms with van der Waals surface area (Å²) in [5.41, 5.74) is 9.75. The summed E-state index contributed by atoms with van der Waals surface area (Å²) in [6.07, 6.45) is 3.55. The number of nitrogens with one attached hydrogen (secondary N) is 2. The molecule has 0 fully saturated rings. The van der Waals surface area contributed by atoms with Gasteiger partial charge in [0.25, 0.3) is 0 Å². The number of hydrogen-bond acceptors (Lipinski definition) is 3. The molecule has 23 heavy (non-hydrogen) atoms. The summed E-state index contributed by atoms with van der Waals surface area (Å²) in [4.78, 5) is 18.6. The Morgan fingerprint density at radius 3 is 2.87 bits per heavy atom. The Morgan fingerprint density at radius 2 is 2.09 bits per heavy atom. The Kier molecular flexibility index (Phi) is 4.09. The molecule has 1 amide bonds. The molecule has 0 saturated carbocycles. The summed E-state index contributed by atoms with van der Waals surface area (Å²) in [5, 5.41) is 3.76. The van der Waals surface area contributed by atoms with Crippen LogP contribution in [0, 0.1) is 11.8 Å². The first-order valence-electron chi connectivity index (χ1n) is 7.22. The number of hydrogen-bond donors (Lipinski definition) is 3. The van der Waals surface area contributed by atoms with E-state index in [0.29, 0.717) is 12.2 Å². The van der Waals surface area contributed by atoms with E-state index < -0.39 is 0 Å². The van der Waals surface area contributed by atoms with Crippen molar-refractivity contribution in [1.29, 1.82) is 0 Å². The van der Waals surface area contributed by atoms with Crippen LogP contribution in [0.3, 0.4) is 0 Å². The number of carbonyl (C=O) groups excluding carboxylic acids is 1. The monoisotopic (exact) mass is 304 g/mol. The minimum absolute atomic E-state index is 0.134. The van der Waals surface area contributed by atoms with Crippen LogP contribution in [0.2, 0.25) is 0 Å². The number of H-pyrrole nitrogens is 1. The second-order valence-electron chi connectivity index (χ2n) is 5.11. The van der Waals surface area contributed by atoms with Crippen molar-refractivity contribution in [3.63, 3.8) is 0 Å². The van der Waals surface area contributed by atoms with Crippen molar-refractivity contribution in [2.45, 2.75) is 13.5 Å². The third-order valence-corrected chi connectivity index (χ3v) is 3.42. The highest BCUT2D eigenvalue weighted by Crippen LogP contribution is 2.18. The third-order valence-electron chi connectivity index (χ3n) is 3.42. The van der Waals surface area contributed by atoms with Crippen LogP contribution in [-0.2, 0) is 11.3 Å². The highest BCUT2D eigenvalue weighted by Gasteiger charge is 2.04. The van der Waals surface area contributed by atoms with E-state index in [-0.39, 0.29) is 5.91 Å². The lowest BCUT2D eigenvalue weighted by Crippen LogP contribution is -2.08. The van der Waals surface area contributed by atoms with Crippen molar-refractivity contribution in [2.75, 3.05) is 5.32 Å². The number of carbonyl (C=O) groups is 1. The van der Waals surface area contributed by atoms with Crippen molar-refractivity contribution in [2.24, 2.45) is 5.73 Å². The molecule has 0 saturated heterocycles. The molecule has 0 bridgehead atoms. The van der Waals surface area contributed by atoms with Crippen LogP contribution in [0.1, 0.15) is 23.6 Å². The summed E-state index contributed by atoms with van der Waals surface area (Å²) in [6, 6.07) is 9.42. The molecule has 114 valence electrons. The number of rotatable bonds is 2. The lowest BCUT2D eigenvalue weighted by molar-refractivity contribution is -0.114. The van der Waals surface area contributed by atoms with Gasteiger partial charge in [0.15, 0.2) is 0 Å². The van der Waals surface area contributed by atoms with Crippen molar-refractivity contribution >= 4 is 22.6 Å². The number of aromatic nitrogens is 2. The molecule has 0 atom stereocenters. The van der Waals surface area contributed by atoms with E-state index in [9.17, 15) is 4.79 Å². The molecule has 0 radical (unpaired) electrons. The molecule has 0 aliphatic heterocycles. The van der Waals surface area contributed by atoms with Crippen molar-refractivity contribution < 1.29 is 4.79 Å². The normalized spacial score (nSPS) is 10.2. The largest absolute Gasteiger partial charge is 0.346 e. The molecule has 0 aliphatic rings. The molecule has 0 spiro atoms. The highest BCUT2D eigenvalue weighted by atomic mass is 16.1. The fourth-order valence-corrected chi connectivity index (χ4v) is 2.33. The summed E-state index contributed by atoms with van der Waals surface area (Å²) < 4.78 is 0. The van der Waals surface area contributed by atoms with Gasteiger partial charge in [-0.1, -0.05) is 17.9 Å². The lowest BCUT2D eigenvalue weighted by Gasteiger charge is -2.07. The molecule has 3 aromatic rings. The predicted molar refractivity (Wildman–Crippen MR) is 90.7 cm³/mol. The second-order valence-corrected chi connectivity index (χ2v) is 5.11. The Morgan fingerprint density at radius 1 is 1.26 bits per heavy atom. The molecule has 2 aromatic heterocycles. The Bertz CT molecular complexity index is 931. The van der Waals surface area contributed by atoms with Crippen LogP contribution in [0.25, 0.3) is 11.0 Å². The van der Waals surface area contributed by atoms with Crippen LogP contribution in [0.4, 0.5) is 5.69 Å². The molecule has 1 aromatic carbocycles. The minimum Gasteiger partial charge on any atom is -0.346 e. The Labute approximate surface area is 133 Å². The molecule has 3 rings (SSSR count). The van der Waals surface area contributed by atoms with Crippen LogP contribution < -0.4 is 11.1 Å². The number of pyridine rings is 1. The molecule has 2 heterocycles. The zero-order chi connectivity index (χ0) is 16.2. The number of anilines is 1. The molecular formula is C18H16N4O. The van der Waals surface area contributed by atoms with E-state index in [0.717, 1.165) is 27.7 Å². The smallest absolute Gasteiger partial charge is 0.221 e. The standard InChI is InChI=1S/C18H16N4O/c1-12(23)22-17-5-2-13(11-19)10-15(17)4-3-14-6-8-20-18-16(14)7-9-21-18/h2,5-10H,11,19H2,1H3,(H,20,21)(H,22,23). The summed E-state index contributed by atoms with van der Waals surface area (Å²) in [7, 11) is 0. The molecule has 5 heteroatoms. The lowest BCUT2D eigenvalue weighted by atomic mass is 10.1. The van der Waals surface area contributed by atoms with Crippen molar-refractivity contribution in [3.05, 3.63) is 59.4 Å². The van der Waals surface area contributed by atoms with E-state index in [1.165, 1.54) is 6.92 Å². The average molecular weight is 304 g/mol. The molecule has 5 nitrogen and oxygen atoms in total. The third kappa shape index (κ3) is 3.23. The fourth-order valence-electron chi connectivity index (χ4n) is 2.33. The average Bonchev–Trinajstić information content (AvgIpc) is 3.02. The van der Waals surface area contributed by atoms with E-state index in [4.69, 9.17) is 5.73 Å². The van der Waals surface area contributed by atoms with Crippen LogP contribution >= 0.6 is 0 Å².